The molecule has 1 N–H and O–H groups in total. The summed E-state index contributed by atoms with van der Waals surface area (Å²) in [4.78, 5) is 20.5. The van der Waals surface area contributed by atoms with Crippen LogP contribution < -0.4 is 19.5 Å². The van der Waals surface area contributed by atoms with E-state index in [2.05, 4.69) is 10.3 Å². The Morgan fingerprint density at radius 2 is 2.06 bits per heavy atom. The number of carbonyl (C=O) groups excluding carboxylic acids is 1. The van der Waals surface area contributed by atoms with E-state index in [4.69, 9.17) is 19.2 Å². The summed E-state index contributed by atoms with van der Waals surface area (Å²) < 4.78 is 31.9. The monoisotopic (exact) mass is 428 g/mol. The molecule has 9 heteroatoms. The average molecular weight is 428 g/mol. The topological polar surface area (TPSA) is 87.5 Å². The summed E-state index contributed by atoms with van der Waals surface area (Å²) in [7, 11) is 3.15. The van der Waals surface area contributed by atoms with Gasteiger partial charge < -0.3 is 19.5 Å². The van der Waals surface area contributed by atoms with Crippen LogP contribution in [-0.2, 0) is 11.6 Å². The summed E-state index contributed by atoms with van der Waals surface area (Å²) in [5.74, 6) is 1.68. The van der Waals surface area contributed by atoms with E-state index in [9.17, 15) is 9.18 Å². The number of carbonyl (C=O) groups is 1. The number of imidazole rings is 1. The minimum Gasteiger partial charge on any atom is -0.493 e. The number of rotatable bonds is 7. The maximum absolute atomic E-state index is 13.6. The van der Waals surface area contributed by atoms with E-state index in [0.29, 0.717) is 47.1 Å². The number of alkyl halides is 1. The largest absolute Gasteiger partial charge is 0.493 e. The van der Waals surface area contributed by atoms with Crippen LogP contribution in [0.3, 0.4) is 0 Å². The number of amides is 1. The van der Waals surface area contributed by atoms with Crippen molar-refractivity contribution >= 4 is 16.9 Å². The standard InChI is InChI=1S/C22H25FN4O4/c1-13(15-5-7-20(28)24-10-15)31-22-21-17(25-12-27(21)11-23)9-16(26-22)14-4-6-18(29-2)19(8-14)30-3/h4,6,8-9,12-13,15H,5,7,10-11H2,1-3H3,(H,24,28)/t13-,15-/m1/s1. The highest BCUT2D eigenvalue weighted by Gasteiger charge is 2.26. The minimum absolute atomic E-state index is 0.0509. The van der Waals surface area contributed by atoms with Gasteiger partial charge in [0.25, 0.3) is 0 Å². The molecule has 1 aliphatic heterocycles. The van der Waals surface area contributed by atoms with Crippen LogP contribution in [0.15, 0.2) is 30.6 Å². The normalized spacial score (nSPS) is 17.3. The molecule has 1 aromatic carbocycles. The van der Waals surface area contributed by atoms with E-state index in [-0.39, 0.29) is 17.9 Å². The maximum Gasteiger partial charge on any atom is 0.241 e. The van der Waals surface area contributed by atoms with Crippen LogP contribution in [0.4, 0.5) is 4.39 Å². The highest BCUT2D eigenvalue weighted by Crippen LogP contribution is 2.35. The number of piperidine rings is 1. The minimum atomic E-state index is -0.738. The number of hydrogen-bond donors (Lipinski definition) is 1. The van der Waals surface area contributed by atoms with Crippen molar-refractivity contribution in [2.45, 2.75) is 32.7 Å². The molecule has 3 heterocycles. The highest BCUT2D eigenvalue weighted by molar-refractivity contribution is 5.85. The molecular formula is C22H25FN4O4. The molecule has 1 amide bonds. The highest BCUT2D eigenvalue weighted by atomic mass is 19.1. The second-order valence-electron chi connectivity index (χ2n) is 7.51. The summed E-state index contributed by atoms with van der Waals surface area (Å²) in [6, 6.07) is 7.28. The molecule has 31 heavy (non-hydrogen) atoms. The zero-order chi connectivity index (χ0) is 22.0. The Morgan fingerprint density at radius 3 is 2.74 bits per heavy atom. The molecule has 0 aliphatic carbocycles. The summed E-state index contributed by atoms with van der Waals surface area (Å²) in [6.07, 6.45) is 2.41. The summed E-state index contributed by atoms with van der Waals surface area (Å²) in [5, 5.41) is 2.87. The van der Waals surface area contributed by atoms with Crippen molar-refractivity contribution in [2.75, 3.05) is 20.8 Å². The van der Waals surface area contributed by atoms with E-state index in [0.717, 1.165) is 12.0 Å². The molecule has 0 spiro atoms. The van der Waals surface area contributed by atoms with Gasteiger partial charge in [-0.2, -0.15) is 0 Å². The van der Waals surface area contributed by atoms with Gasteiger partial charge in [-0.1, -0.05) is 0 Å². The maximum atomic E-state index is 13.6. The molecule has 2 atom stereocenters. The van der Waals surface area contributed by atoms with Gasteiger partial charge in [-0.05, 0) is 37.6 Å². The Labute approximate surface area is 179 Å². The molecule has 1 aliphatic rings. The zero-order valence-electron chi connectivity index (χ0n) is 17.7. The lowest BCUT2D eigenvalue weighted by Crippen LogP contribution is -2.41. The van der Waals surface area contributed by atoms with Crippen molar-refractivity contribution in [3.8, 4) is 28.6 Å². The number of methoxy groups -OCH3 is 2. The lowest BCUT2D eigenvalue weighted by atomic mass is 9.94. The quantitative estimate of drug-likeness (QED) is 0.621. The zero-order valence-corrected chi connectivity index (χ0v) is 17.7. The fourth-order valence-corrected chi connectivity index (χ4v) is 3.80. The van der Waals surface area contributed by atoms with Crippen LogP contribution >= 0.6 is 0 Å². The lowest BCUT2D eigenvalue weighted by Gasteiger charge is -2.28. The first-order valence-electron chi connectivity index (χ1n) is 10.1. The molecule has 0 unspecified atom stereocenters. The van der Waals surface area contributed by atoms with Gasteiger partial charge in [0.1, 0.15) is 11.6 Å². The number of halogens is 1. The molecule has 164 valence electrons. The molecule has 3 aromatic rings. The van der Waals surface area contributed by atoms with Gasteiger partial charge in [0, 0.05) is 24.4 Å². The third-order valence-corrected chi connectivity index (χ3v) is 5.64. The molecule has 1 fully saturated rings. The molecular weight excluding hydrogens is 403 g/mol. The van der Waals surface area contributed by atoms with E-state index in [1.54, 1.807) is 26.4 Å². The summed E-state index contributed by atoms with van der Waals surface area (Å²) in [6.45, 7) is 1.74. The second-order valence-corrected chi connectivity index (χ2v) is 7.51. The van der Waals surface area contributed by atoms with Gasteiger partial charge in [-0.15, -0.1) is 0 Å². The summed E-state index contributed by atoms with van der Waals surface area (Å²) >= 11 is 0. The average Bonchev–Trinajstić information content (AvgIpc) is 3.22. The van der Waals surface area contributed by atoms with E-state index < -0.39 is 6.80 Å². The van der Waals surface area contributed by atoms with Crippen LogP contribution in [0.25, 0.3) is 22.3 Å². The predicted molar refractivity (Wildman–Crippen MR) is 113 cm³/mol. The Bertz CT molecular complexity index is 1090. The van der Waals surface area contributed by atoms with Gasteiger partial charge in [-0.3, -0.25) is 9.36 Å². The number of pyridine rings is 1. The molecule has 1 saturated heterocycles. The van der Waals surface area contributed by atoms with Crippen molar-refractivity contribution in [1.29, 1.82) is 0 Å². The number of nitrogens with one attached hydrogen (secondary N) is 1. The Kier molecular flexibility index (Phi) is 5.92. The second kappa shape index (κ2) is 8.79. The number of hydrogen-bond acceptors (Lipinski definition) is 6. The molecule has 8 nitrogen and oxygen atoms in total. The van der Waals surface area contributed by atoms with Crippen LogP contribution in [-0.4, -0.2) is 47.3 Å². The first-order chi connectivity index (χ1) is 15.0. The number of ether oxygens (including phenoxy) is 3. The van der Waals surface area contributed by atoms with E-state index >= 15 is 0 Å². The van der Waals surface area contributed by atoms with Crippen molar-refractivity contribution in [2.24, 2.45) is 5.92 Å². The van der Waals surface area contributed by atoms with E-state index in [1.165, 1.54) is 10.9 Å². The van der Waals surface area contributed by atoms with Crippen molar-refractivity contribution in [3.05, 3.63) is 30.6 Å². The van der Waals surface area contributed by atoms with Crippen LogP contribution in [0.5, 0.6) is 17.4 Å². The summed E-state index contributed by atoms with van der Waals surface area (Å²) in [5.41, 5.74) is 2.49. The SMILES string of the molecule is COc1ccc(-c2cc3ncn(CF)c3c(O[C@H](C)[C@@H]3CCC(=O)NC3)n2)cc1OC. The Balaban J connectivity index is 1.73. The van der Waals surface area contributed by atoms with Gasteiger partial charge in [-0.25, -0.2) is 14.4 Å². The Hall–Kier alpha value is -3.36. The van der Waals surface area contributed by atoms with Crippen LogP contribution in [0.1, 0.15) is 19.8 Å². The molecule has 0 saturated carbocycles. The van der Waals surface area contributed by atoms with Crippen molar-refractivity contribution in [3.63, 3.8) is 0 Å². The molecule has 2 aromatic heterocycles. The van der Waals surface area contributed by atoms with E-state index in [1.807, 2.05) is 19.1 Å². The fourth-order valence-electron chi connectivity index (χ4n) is 3.80. The fraction of sp³-hybridized carbons (Fsp3) is 0.409. The smallest absolute Gasteiger partial charge is 0.241 e. The predicted octanol–water partition coefficient (Wildman–Crippen LogP) is 3.34. The van der Waals surface area contributed by atoms with Crippen LogP contribution in [0.2, 0.25) is 0 Å². The van der Waals surface area contributed by atoms with Gasteiger partial charge >= 0.3 is 0 Å². The molecule has 0 radical (unpaired) electrons. The third kappa shape index (κ3) is 4.12. The number of aromatic nitrogens is 3. The molecule has 0 bridgehead atoms. The Morgan fingerprint density at radius 1 is 1.26 bits per heavy atom. The molecule has 4 rings (SSSR count). The number of benzene rings is 1. The first kappa shape index (κ1) is 20.9. The van der Waals surface area contributed by atoms with Gasteiger partial charge in [0.2, 0.25) is 11.8 Å². The number of nitrogens with zero attached hydrogens (tertiary/aromatic N) is 3. The lowest BCUT2D eigenvalue weighted by molar-refractivity contribution is -0.123. The van der Waals surface area contributed by atoms with Gasteiger partial charge in [0.05, 0.1) is 31.8 Å². The number of fused-ring (bicyclic) bond motifs is 1. The van der Waals surface area contributed by atoms with Crippen molar-refractivity contribution in [1.82, 2.24) is 19.9 Å². The first-order valence-corrected chi connectivity index (χ1v) is 10.1. The third-order valence-electron chi connectivity index (χ3n) is 5.64. The van der Waals surface area contributed by atoms with Crippen molar-refractivity contribution < 1.29 is 23.4 Å². The van der Waals surface area contributed by atoms with Crippen LogP contribution in [0, 0.1) is 5.92 Å². The van der Waals surface area contributed by atoms with Gasteiger partial charge in [0.15, 0.2) is 18.3 Å².